The van der Waals surface area contributed by atoms with Crippen molar-refractivity contribution in [1.82, 2.24) is 0 Å². The predicted molar refractivity (Wildman–Crippen MR) is 64.7 cm³/mol. The second-order valence-electron chi connectivity index (χ2n) is 3.78. The van der Waals surface area contributed by atoms with E-state index in [1.165, 1.54) is 0 Å². The monoisotopic (exact) mass is 214 g/mol. The van der Waals surface area contributed by atoms with Crippen molar-refractivity contribution in [2.75, 3.05) is 6.61 Å². The number of benzene rings is 2. The first kappa shape index (κ1) is 10.7. The molecule has 82 valence electrons. The maximum absolute atomic E-state index is 10.8. The van der Waals surface area contributed by atoms with Crippen molar-refractivity contribution < 1.29 is 9.53 Å². The Hall–Kier alpha value is -1.83. The maximum atomic E-state index is 10.8. The summed E-state index contributed by atoms with van der Waals surface area (Å²) >= 11 is 0. The van der Waals surface area contributed by atoms with Crippen molar-refractivity contribution in [3.63, 3.8) is 0 Å². The van der Waals surface area contributed by atoms with Crippen molar-refractivity contribution in [3.8, 4) is 5.75 Å². The molecule has 2 aromatic carbocycles. The minimum absolute atomic E-state index is 0.153. The van der Waals surface area contributed by atoms with Gasteiger partial charge in [-0.15, -0.1) is 0 Å². The fourth-order valence-corrected chi connectivity index (χ4v) is 1.63. The molecule has 0 spiro atoms. The number of carbonyl (C=O) groups excluding carboxylic acids is 1. The Morgan fingerprint density at radius 2 is 1.88 bits per heavy atom. The highest BCUT2D eigenvalue weighted by Gasteiger charge is 2.01. The van der Waals surface area contributed by atoms with Gasteiger partial charge in [-0.25, -0.2) is 0 Å². The molecule has 0 N–H and O–H groups in total. The first-order valence-corrected chi connectivity index (χ1v) is 5.37. The van der Waals surface area contributed by atoms with E-state index >= 15 is 0 Å². The third kappa shape index (κ3) is 2.40. The van der Waals surface area contributed by atoms with Crippen LogP contribution in [0.1, 0.15) is 13.3 Å². The van der Waals surface area contributed by atoms with Crippen LogP contribution in [0.4, 0.5) is 0 Å². The quantitative estimate of drug-likeness (QED) is 0.781. The van der Waals surface area contributed by atoms with Gasteiger partial charge in [0.1, 0.15) is 11.5 Å². The molecule has 0 saturated carbocycles. The van der Waals surface area contributed by atoms with E-state index in [9.17, 15) is 4.79 Å². The number of rotatable bonds is 4. The molecular weight excluding hydrogens is 200 g/mol. The molecule has 2 rings (SSSR count). The van der Waals surface area contributed by atoms with Crippen molar-refractivity contribution in [2.45, 2.75) is 13.3 Å². The molecule has 0 heterocycles. The molecule has 0 unspecified atom stereocenters. The Balaban J connectivity index is 2.20. The first-order chi connectivity index (χ1) is 7.77. The fraction of sp³-hybridized carbons (Fsp3) is 0.214. The number of Topliss-reactive ketones (excluding diaryl/α,β-unsaturated/α-hetero) is 1. The van der Waals surface area contributed by atoms with Gasteiger partial charge in [0.05, 0.1) is 6.61 Å². The van der Waals surface area contributed by atoms with Gasteiger partial charge in [-0.1, -0.05) is 36.4 Å². The van der Waals surface area contributed by atoms with Gasteiger partial charge >= 0.3 is 0 Å². The van der Waals surface area contributed by atoms with Crippen LogP contribution >= 0.6 is 0 Å². The van der Waals surface area contributed by atoms with Gasteiger partial charge in [-0.3, -0.25) is 4.79 Å². The molecule has 0 radical (unpaired) electrons. The lowest BCUT2D eigenvalue weighted by Crippen LogP contribution is -2.02. The highest BCUT2D eigenvalue weighted by molar-refractivity contribution is 5.88. The van der Waals surface area contributed by atoms with E-state index in [0.29, 0.717) is 13.0 Å². The number of fused-ring (bicyclic) bond motifs is 1. The zero-order valence-electron chi connectivity index (χ0n) is 9.27. The Kier molecular flexibility index (Phi) is 3.20. The molecule has 2 heteroatoms. The zero-order valence-corrected chi connectivity index (χ0v) is 9.27. The average Bonchev–Trinajstić information content (AvgIpc) is 2.29. The van der Waals surface area contributed by atoms with Gasteiger partial charge in [0.2, 0.25) is 0 Å². The Morgan fingerprint density at radius 1 is 1.12 bits per heavy atom. The molecule has 0 saturated heterocycles. The van der Waals surface area contributed by atoms with Gasteiger partial charge < -0.3 is 4.74 Å². The highest BCUT2D eigenvalue weighted by Crippen LogP contribution is 2.25. The van der Waals surface area contributed by atoms with E-state index in [2.05, 4.69) is 0 Å². The summed E-state index contributed by atoms with van der Waals surface area (Å²) in [6, 6.07) is 14.0. The van der Waals surface area contributed by atoms with Crippen LogP contribution < -0.4 is 4.74 Å². The lowest BCUT2D eigenvalue weighted by Gasteiger charge is -2.08. The maximum Gasteiger partial charge on any atom is 0.133 e. The predicted octanol–water partition coefficient (Wildman–Crippen LogP) is 3.20. The summed E-state index contributed by atoms with van der Waals surface area (Å²) in [7, 11) is 0. The van der Waals surface area contributed by atoms with Crippen LogP contribution in [0.2, 0.25) is 0 Å². The molecular formula is C14H14O2. The van der Waals surface area contributed by atoms with E-state index in [1.807, 2.05) is 42.5 Å². The molecule has 0 aliphatic rings. The minimum Gasteiger partial charge on any atom is -0.492 e. The van der Waals surface area contributed by atoms with E-state index in [0.717, 1.165) is 16.5 Å². The summed E-state index contributed by atoms with van der Waals surface area (Å²) in [6.07, 6.45) is 0.462. The van der Waals surface area contributed by atoms with E-state index < -0.39 is 0 Å². The topological polar surface area (TPSA) is 26.3 Å². The van der Waals surface area contributed by atoms with Crippen molar-refractivity contribution in [1.29, 1.82) is 0 Å². The standard InChI is InChI=1S/C14H14O2/c1-11(15)9-10-16-14-8-4-6-12-5-2-3-7-13(12)14/h2-8H,9-10H2,1H3. The summed E-state index contributed by atoms with van der Waals surface area (Å²) in [4.78, 5) is 10.8. The third-order valence-corrected chi connectivity index (χ3v) is 2.46. The molecule has 0 aliphatic heterocycles. The lowest BCUT2D eigenvalue weighted by atomic mass is 10.1. The molecule has 0 bridgehead atoms. The summed E-state index contributed by atoms with van der Waals surface area (Å²) in [5.74, 6) is 1.000. The van der Waals surface area contributed by atoms with Crippen molar-refractivity contribution in [3.05, 3.63) is 42.5 Å². The van der Waals surface area contributed by atoms with Crippen LogP contribution in [0.25, 0.3) is 10.8 Å². The molecule has 0 amide bonds. The summed E-state index contributed by atoms with van der Waals surface area (Å²) in [6.45, 7) is 2.02. The van der Waals surface area contributed by atoms with Gasteiger partial charge in [0, 0.05) is 11.8 Å². The summed E-state index contributed by atoms with van der Waals surface area (Å²) in [5, 5.41) is 2.25. The van der Waals surface area contributed by atoms with Crippen molar-refractivity contribution >= 4 is 16.6 Å². The molecule has 0 aliphatic carbocycles. The van der Waals surface area contributed by atoms with Gasteiger partial charge in [-0.05, 0) is 18.4 Å². The number of ether oxygens (including phenoxy) is 1. The van der Waals surface area contributed by atoms with Crippen molar-refractivity contribution in [2.24, 2.45) is 0 Å². The van der Waals surface area contributed by atoms with Crippen LogP contribution in [0.3, 0.4) is 0 Å². The van der Waals surface area contributed by atoms with Crippen LogP contribution in [-0.4, -0.2) is 12.4 Å². The zero-order chi connectivity index (χ0) is 11.4. The number of ketones is 1. The minimum atomic E-state index is 0.153. The second-order valence-corrected chi connectivity index (χ2v) is 3.78. The number of carbonyl (C=O) groups is 1. The number of hydrogen-bond donors (Lipinski definition) is 0. The third-order valence-electron chi connectivity index (χ3n) is 2.46. The Morgan fingerprint density at radius 3 is 2.69 bits per heavy atom. The summed E-state index contributed by atoms with van der Waals surface area (Å²) in [5.41, 5.74) is 0. The highest BCUT2D eigenvalue weighted by atomic mass is 16.5. The Bertz CT molecular complexity index is 498. The molecule has 2 nitrogen and oxygen atoms in total. The molecule has 2 aromatic rings. The van der Waals surface area contributed by atoms with E-state index in [4.69, 9.17) is 4.74 Å². The molecule has 0 aromatic heterocycles. The van der Waals surface area contributed by atoms with Crippen LogP contribution in [0, 0.1) is 0 Å². The lowest BCUT2D eigenvalue weighted by molar-refractivity contribution is -0.117. The van der Waals surface area contributed by atoms with Crippen LogP contribution in [0.15, 0.2) is 42.5 Å². The van der Waals surface area contributed by atoms with Gasteiger partial charge in [0.15, 0.2) is 0 Å². The van der Waals surface area contributed by atoms with Crippen LogP contribution in [0.5, 0.6) is 5.75 Å². The average molecular weight is 214 g/mol. The summed E-state index contributed by atoms with van der Waals surface area (Å²) < 4.78 is 5.61. The smallest absolute Gasteiger partial charge is 0.133 e. The van der Waals surface area contributed by atoms with Gasteiger partial charge in [-0.2, -0.15) is 0 Å². The van der Waals surface area contributed by atoms with Gasteiger partial charge in [0.25, 0.3) is 0 Å². The molecule has 16 heavy (non-hydrogen) atoms. The molecule has 0 fully saturated rings. The normalized spacial score (nSPS) is 10.3. The van der Waals surface area contributed by atoms with E-state index in [1.54, 1.807) is 6.92 Å². The molecule has 0 atom stereocenters. The fourth-order valence-electron chi connectivity index (χ4n) is 1.63. The largest absolute Gasteiger partial charge is 0.492 e. The second kappa shape index (κ2) is 4.79. The van der Waals surface area contributed by atoms with Crippen LogP contribution in [-0.2, 0) is 4.79 Å². The Labute approximate surface area is 94.8 Å². The number of hydrogen-bond acceptors (Lipinski definition) is 2. The SMILES string of the molecule is CC(=O)CCOc1cccc2ccccc12. The first-order valence-electron chi connectivity index (χ1n) is 5.37. The van der Waals surface area contributed by atoms with E-state index in [-0.39, 0.29) is 5.78 Å².